The quantitative estimate of drug-likeness (QED) is 0.926. The predicted octanol–water partition coefficient (Wildman–Crippen LogP) is 1.51. The van der Waals surface area contributed by atoms with Crippen molar-refractivity contribution < 1.29 is 9.32 Å². The fraction of sp³-hybridized carbons (Fsp3) is 0.400. The van der Waals surface area contributed by atoms with E-state index in [0.29, 0.717) is 11.5 Å². The highest BCUT2D eigenvalue weighted by Gasteiger charge is 2.21. The van der Waals surface area contributed by atoms with E-state index in [1.165, 1.54) is 0 Å². The van der Waals surface area contributed by atoms with Gasteiger partial charge in [0.1, 0.15) is 11.5 Å². The fourth-order valence-corrected chi connectivity index (χ4v) is 2.37. The Bertz CT molecular complexity index is 661. The van der Waals surface area contributed by atoms with Crippen LogP contribution in [0, 0.1) is 6.92 Å². The Morgan fingerprint density at radius 1 is 1.27 bits per heavy atom. The first-order valence-corrected chi connectivity index (χ1v) is 7.26. The lowest BCUT2D eigenvalue weighted by Crippen LogP contribution is -2.47. The van der Waals surface area contributed by atoms with Gasteiger partial charge in [0.05, 0.1) is 0 Å². The number of hydrogen-bond acceptors (Lipinski definition) is 6. The molecule has 0 bridgehead atoms. The van der Waals surface area contributed by atoms with Gasteiger partial charge < -0.3 is 19.6 Å². The molecule has 7 nitrogen and oxygen atoms in total. The smallest absolute Gasteiger partial charge is 0.272 e. The number of hydrogen-bond donors (Lipinski definition) is 1. The zero-order valence-corrected chi connectivity index (χ0v) is 12.7. The Balaban J connectivity index is 1.71. The van der Waals surface area contributed by atoms with E-state index in [4.69, 9.17) is 4.52 Å². The third-order valence-corrected chi connectivity index (χ3v) is 3.67. The van der Waals surface area contributed by atoms with Crippen LogP contribution < -0.4 is 5.32 Å². The lowest BCUT2D eigenvalue weighted by Gasteiger charge is -2.32. The van der Waals surface area contributed by atoms with Crippen molar-refractivity contribution in [2.24, 2.45) is 0 Å². The Kier molecular flexibility index (Phi) is 4.06. The maximum absolute atomic E-state index is 12.5. The molecule has 0 radical (unpaired) electrons. The normalized spacial score (nSPS) is 15.8. The van der Waals surface area contributed by atoms with Gasteiger partial charge in [-0.1, -0.05) is 5.16 Å². The molecule has 0 atom stereocenters. The molecule has 0 saturated carbocycles. The molecule has 1 aliphatic rings. The number of anilines is 2. The van der Waals surface area contributed by atoms with Gasteiger partial charge in [-0.3, -0.25) is 9.78 Å². The third kappa shape index (κ3) is 3.25. The van der Waals surface area contributed by atoms with Crippen LogP contribution in [0.3, 0.4) is 0 Å². The number of carbonyl (C=O) groups is 1. The van der Waals surface area contributed by atoms with Crippen LogP contribution in [0.5, 0.6) is 0 Å². The molecule has 0 aliphatic carbocycles. The summed E-state index contributed by atoms with van der Waals surface area (Å²) in [5, 5.41) is 6.98. The summed E-state index contributed by atoms with van der Waals surface area (Å²) in [6.45, 7) is 5.07. The summed E-state index contributed by atoms with van der Waals surface area (Å²) in [5.74, 6) is 1.31. The zero-order valence-electron chi connectivity index (χ0n) is 12.7. The Labute approximate surface area is 128 Å². The first-order chi connectivity index (χ1) is 10.6. The zero-order chi connectivity index (χ0) is 15.5. The molecule has 3 rings (SSSR count). The minimum Gasteiger partial charge on any atom is -0.360 e. The molecule has 116 valence electrons. The third-order valence-electron chi connectivity index (χ3n) is 3.67. The lowest BCUT2D eigenvalue weighted by molar-refractivity contribution is 0.0658. The SMILES string of the molecule is Cc1cc(Nc2ccnc(C(=O)N3CCN(C)CC3)c2)no1. The highest BCUT2D eigenvalue weighted by atomic mass is 16.5. The van der Waals surface area contributed by atoms with Gasteiger partial charge in [-0.15, -0.1) is 0 Å². The molecule has 2 aromatic heterocycles. The number of nitrogens with zero attached hydrogens (tertiary/aromatic N) is 4. The number of aromatic nitrogens is 2. The number of aryl methyl sites for hydroxylation is 1. The number of piperazine rings is 1. The van der Waals surface area contributed by atoms with E-state index in [2.05, 4.69) is 27.4 Å². The van der Waals surface area contributed by atoms with Crippen LogP contribution in [0.25, 0.3) is 0 Å². The molecule has 1 N–H and O–H groups in total. The first kappa shape index (κ1) is 14.5. The second kappa shape index (κ2) is 6.15. The molecule has 0 aromatic carbocycles. The molecule has 2 aromatic rings. The van der Waals surface area contributed by atoms with Gasteiger partial charge in [-0.2, -0.15) is 0 Å². The number of nitrogens with one attached hydrogen (secondary N) is 1. The number of amides is 1. The number of likely N-dealkylation sites (N-methyl/N-ethyl adjacent to an activating group) is 1. The van der Waals surface area contributed by atoms with Gasteiger partial charge in [0.15, 0.2) is 5.82 Å². The summed E-state index contributed by atoms with van der Waals surface area (Å²) in [6.07, 6.45) is 1.62. The first-order valence-electron chi connectivity index (χ1n) is 7.26. The summed E-state index contributed by atoms with van der Waals surface area (Å²) in [4.78, 5) is 20.7. The molecule has 22 heavy (non-hydrogen) atoms. The molecule has 1 fully saturated rings. The molecule has 7 heteroatoms. The monoisotopic (exact) mass is 301 g/mol. The van der Waals surface area contributed by atoms with Gasteiger partial charge in [0.2, 0.25) is 0 Å². The average Bonchev–Trinajstić information content (AvgIpc) is 2.93. The maximum atomic E-state index is 12.5. The van der Waals surface area contributed by atoms with Gasteiger partial charge in [0, 0.05) is 44.1 Å². The number of pyridine rings is 1. The van der Waals surface area contributed by atoms with Crippen molar-refractivity contribution >= 4 is 17.4 Å². The van der Waals surface area contributed by atoms with Crippen molar-refractivity contribution in [1.29, 1.82) is 0 Å². The highest BCUT2D eigenvalue weighted by Crippen LogP contribution is 2.17. The van der Waals surface area contributed by atoms with E-state index in [9.17, 15) is 4.79 Å². The molecule has 1 aliphatic heterocycles. The minimum atomic E-state index is -0.0342. The van der Waals surface area contributed by atoms with E-state index in [0.717, 1.165) is 37.6 Å². The lowest BCUT2D eigenvalue weighted by atomic mass is 10.2. The van der Waals surface area contributed by atoms with Gasteiger partial charge >= 0.3 is 0 Å². The Morgan fingerprint density at radius 3 is 2.73 bits per heavy atom. The minimum absolute atomic E-state index is 0.0342. The molecule has 1 amide bonds. The van der Waals surface area contributed by atoms with Crippen LogP contribution >= 0.6 is 0 Å². The van der Waals surface area contributed by atoms with Gasteiger partial charge in [0.25, 0.3) is 5.91 Å². The van der Waals surface area contributed by atoms with E-state index in [-0.39, 0.29) is 5.91 Å². The van der Waals surface area contributed by atoms with Crippen molar-refractivity contribution in [2.45, 2.75) is 6.92 Å². The highest BCUT2D eigenvalue weighted by molar-refractivity contribution is 5.93. The molecule has 1 saturated heterocycles. The van der Waals surface area contributed by atoms with Crippen LogP contribution in [0.2, 0.25) is 0 Å². The van der Waals surface area contributed by atoms with Crippen LogP contribution in [0.15, 0.2) is 28.9 Å². The van der Waals surface area contributed by atoms with Crippen molar-refractivity contribution in [1.82, 2.24) is 19.9 Å². The summed E-state index contributed by atoms with van der Waals surface area (Å²) in [7, 11) is 2.06. The van der Waals surface area contributed by atoms with Crippen LogP contribution in [-0.4, -0.2) is 59.1 Å². The van der Waals surface area contributed by atoms with Gasteiger partial charge in [-0.25, -0.2) is 0 Å². The van der Waals surface area contributed by atoms with E-state index in [1.54, 1.807) is 24.4 Å². The second-order valence-electron chi connectivity index (χ2n) is 5.47. The van der Waals surface area contributed by atoms with E-state index in [1.807, 2.05) is 11.8 Å². The van der Waals surface area contributed by atoms with Crippen molar-refractivity contribution in [3.05, 3.63) is 35.9 Å². The maximum Gasteiger partial charge on any atom is 0.272 e. The molecule has 0 spiro atoms. The fourth-order valence-electron chi connectivity index (χ4n) is 2.37. The molecule has 0 unspecified atom stereocenters. The standard InChI is InChI=1S/C15H19N5O2/c1-11-9-14(18-22-11)17-12-3-4-16-13(10-12)15(21)20-7-5-19(2)6-8-20/h3-4,9-10H,5-8H2,1-2H3,(H,16,17,18). The van der Waals surface area contributed by atoms with E-state index >= 15 is 0 Å². The Morgan fingerprint density at radius 2 is 2.05 bits per heavy atom. The topological polar surface area (TPSA) is 74.5 Å². The number of rotatable bonds is 3. The summed E-state index contributed by atoms with van der Waals surface area (Å²) in [5.41, 5.74) is 1.20. The second-order valence-corrected chi connectivity index (χ2v) is 5.47. The van der Waals surface area contributed by atoms with Crippen LogP contribution in [0.4, 0.5) is 11.5 Å². The summed E-state index contributed by atoms with van der Waals surface area (Å²) < 4.78 is 5.01. The average molecular weight is 301 g/mol. The summed E-state index contributed by atoms with van der Waals surface area (Å²) in [6, 6.07) is 5.33. The van der Waals surface area contributed by atoms with E-state index < -0.39 is 0 Å². The molecule has 3 heterocycles. The number of carbonyl (C=O) groups excluding carboxylic acids is 1. The van der Waals surface area contributed by atoms with Crippen molar-refractivity contribution in [2.75, 3.05) is 38.5 Å². The van der Waals surface area contributed by atoms with Gasteiger partial charge in [-0.05, 0) is 26.1 Å². The molecular formula is C15H19N5O2. The van der Waals surface area contributed by atoms with Crippen molar-refractivity contribution in [3.8, 4) is 0 Å². The van der Waals surface area contributed by atoms with Crippen LogP contribution in [-0.2, 0) is 0 Å². The largest absolute Gasteiger partial charge is 0.360 e. The molecular weight excluding hydrogens is 282 g/mol. The van der Waals surface area contributed by atoms with Crippen LogP contribution in [0.1, 0.15) is 16.2 Å². The Hall–Kier alpha value is -2.41. The summed E-state index contributed by atoms with van der Waals surface area (Å²) >= 11 is 0. The predicted molar refractivity (Wildman–Crippen MR) is 82.2 cm³/mol. The van der Waals surface area contributed by atoms with Crippen molar-refractivity contribution in [3.63, 3.8) is 0 Å².